The van der Waals surface area contributed by atoms with Gasteiger partial charge in [0.1, 0.15) is 17.5 Å². The minimum absolute atomic E-state index is 0.0371. The monoisotopic (exact) mass is 259 g/mol. The highest BCUT2D eigenvalue weighted by Crippen LogP contribution is 2.13. The zero-order valence-corrected chi connectivity index (χ0v) is 11.3. The fourth-order valence-electron chi connectivity index (χ4n) is 1.94. The quantitative estimate of drug-likeness (QED) is 0.909. The third-order valence-corrected chi connectivity index (χ3v) is 2.74. The number of pyridine rings is 1. The fraction of sp³-hybridized carbons (Fsp3) is 0.385. The lowest BCUT2D eigenvalue weighted by Gasteiger charge is -2.12. The van der Waals surface area contributed by atoms with Crippen LogP contribution in [0.2, 0.25) is 0 Å². The number of nitrogens with zero attached hydrogens (tertiary/aromatic N) is 4. The van der Waals surface area contributed by atoms with E-state index >= 15 is 0 Å². The molecule has 6 heteroatoms. The lowest BCUT2D eigenvalue weighted by molar-refractivity contribution is -0.116. The van der Waals surface area contributed by atoms with Gasteiger partial charge in [-0.25, -0.2) is 14.6 Å². The molecule has 0 unspecified atom stereocenters. The number of aryl methyl sites for hydroxylation is 2. The van der Waals surface area contributed by atoms with Crippen LogP contribution in [0.25, 0.3) is 0 Å². The van der Waals surface area contributed by atoms with Gasteiger partial charge in [-0.3, -0.25) is 4.79 Å². The van der Waals surface area contributed by atoms with Crippen LogP contribution >= 0.6 is 0 Å². The Kier molecular flexibility index (Phi) is 3.89. The zero-order valence-electron chi connectivity index (χ0n) is 11.3. The first-order chi connectivity index (χ1) is 9.06. The minimum Gasteiger partial charge on any atom is -0.311 e. The molecule has 0 spiro atoms. The van der Waals surface area contributed by atoms with Gasteiger partial charge in [0.25, 0.3) is 0 Å². The molecule has 100 valence electrons. The van der Waals surface area contributed by atoms with Crippen LogP contribution in [0.3, 0.4) is 0 Å². The van der Waals surface area contributed by atoms with Crippen LogP contribution in [0.15, 0.2) is 24.4 Å². The summed E-state index contributed by atoms with van der Waals surface area (Å²) in [7, 11) is 0. The number of rotatable bonds is 4. The van der Waals surface area contributed by atoms with E-state index in [0.29, 0.717) is 12.2 Å². The van der Waals surface area contributed by atoms with Crippen molar-refractivity contribution in [3.8, 4) is 0 Å². The van der Waals surface area contributed by atoms with Crippen LogP contribution in [0.5, 0.6) is 0 Å². The van der Waals surface area contributed by atoms with E-state index in [4.69, 9.17) is 0 Å². The van der Waals surface area contributed by atoms with Gasteiger partial charge in [-0.15, -0.1) is 0 Å². The van der Waals surface area contributed by atoms with Gasteiger partial charge >= 0.3 is 0 Å². The highest BCUT2D eigenvalue weighted by atomic mass is 16.1. The Morgan fingerprint density at radius 3 is 2.79 bits per heavy atom. The van der Waals surface area contributed by atoms with Crippen LogP contribution in [0.4, 0.5) is 5.82 Å². The number of carbonyl (C=O) groups is 1. The largest absolute Gasteiger partial charge is 0.311 e. The molecule has 0 aromatic carbocycles. The van der Waals surface area contributed by atoms with Crippen molar-refractivity contribution in [3.05, 3.63) is 36.0 Å². The molecule has 2 rings (SSSR count). The van der Waals surface area contributed by atoms with Gasteiger partial charge in [0.15, 0.2) is 0 Å². The summed E-state index contributed by atoms with van der Waals surface area (Å²) in [6, 6.07) is 5.36. The molecule has 19 heavy (non-hydrogen) atoms. The predicted octanol–water partition coefficient (Wildman–Crippen LogP) is 1.88. The summed E-state index contributed by atoms with van der Waals surface area (Å²) in [5.74, 6) is 2.01. The van der Waals surface area contributed by atoms with E-state index in [1.54, 1.807) is 23.0 Å². The molecule has 0 saturated carbocycles. The van der Waals surface area contributed by atoms with Gasteiger partial charge in [-0.1, -0.05) is 6.07 Å². The van der Waals surface area contributed by atoms with Crippen molar-refractivity contribution in [1.82, 2.24) is 19.7 Å². The molecule has 2 aromatic heterocycles. The molecule has 1 amide bonds. The molecule has 0 aliphatic carbocycles. The second-order valence-corrected chi connectivity index (χ2v) is 4.47. The van der Waals surface area contributed by atoms with E-state index in [1.165, 1.54) is 0 Å². The van der Waals surface area contributed by atoms with E-state index in [-0.39, 0.29) is 11.9 Å². The van der Waals surface area contributed by atoms with Crippen LogP contribution in [-0.2, 0) is 4.79 Å². The summed E-state index contributed by atoms with van der Waals surface area (Å²) in [5.41, 5.74) is 0. The van der Waals surface area contributed by atoms with Gasteiger partial charge < -0.3 is 5.32 Å². The molecule has 2 aromatic rings. The second-order valence-electron chi connectivity index (χ2n) is 4.47. The zero-order chi connectivity index (χ0) is 13.8. The lowest BCUT2D eigenvalue weighted by atomic mass is 10.2. The van der Waals surface area contributed by atoms with Gasteiger partial charge in [-0.05, 0) is 32.9 Å². The topological polar surface area (TPSA) is 72.7 Å². The third-order valence-electron chi connectivity index (χ3n) is 2.74. The molecule has 0 bridgehead atoms. The molecule has 2 heterocycles. The lowest BCUT2D eigenvalue weighted by Crippen LogP contribution is -2.19. The molecule has 0 saturated heterocycles. The van der Waals surface area contributed by atoms with Gasteiger partial charge in [0, 0.05) is 12.6 Å². The Morgan fingerprint density at radius 2 is 2.21 bits per heavy atom. The van der Waals surface area contributed by atoms with E-state index in [0.717, 1.165) is 11.6 Å². The van der Waals surface area contributed by atoms with Crippen LogP contribution in [-0.4, -0.2) is 25.7 Å². The summed E-state index contributed by atoms with van der Waals surface area (Å²) in [4.78, 5) is 20.2. The Labute approximate surface area is 111 Å². The van der Waals surface area contributed by atoms with Crippen molar-refractivity contribution in [2.24, 2.45) is 0 Å². The molecule has 0 aliphatic heterocycles. The maximum Gasteiger partial charge on any atom is 0.227 e. The van der Waals surface area contributed by atoms with Crippen molar-refractivity contribution in [2.45, 2.75) is 33.2 Å². The molecule has 6 nitrogen and oxygen atoms in total. The van der Waals surface area contributed by atoms with E-state index in [1.807, 2.05) is 26.8 Å². The molecule has 1 atom stereocenters. The number of hydrogen-bond acceptors (Lipinski definition) is 4. The first-order valence-corrected chi connectivity index (χ1v) is 6.17. The number of anilines is 1. The Morgan fingerprint density at radius 1 is 1.42 bits per heavy atom. The van der Waals surface area contributed by atoms with Gasteiger partial charge in [-0.2, -0.15) is 5.10 Å². The summed E-state index contributed by atoms with van der Waals surface area (Å²) < 4.78 is 1.77. The number of hydrogen-bond donors (Lipinski definition) is 1. The summed E-state index contributed by atoms with van der Waals surface area (Å²) in [6.45, 7) is 5.66. The third kappa shape index (κ3) is 3.37. The number of aromatic nitrogens is 4. The van der Waals surface area contributed by atoms with Gasteiger partial charge in [0.2, 0.25) is 5.91 Å². The van der Waals surface area contributed by atoms with Crippen LogP contribution < -0.4 is 5.32 Å². The standard InChI is InChI=1S/C13H17N5O/c1-9(18-11(3)15-10(2)17-18)8-13(19)16-12-6-4-5-7-14-12/h4-7,9H,8H2,1-3H3,(H,14,16,19)/t9-/m1/s1. The molecule has 0 radical (unpaired) electrons. The Hall–Kier alpha value is -2.24. The van der Waals surface area contributed by atoms with Crippen molar-refractivity contribution < 1.29 is 4.79 Å². The molecule has 0 aliphatic rings. The number of nitrogens with one attached hydrogen (secondary N) is 1. The highest BCUT2D eigenvalue weighted by Gasteiger charge is 2.15. The maximum atomic E-state index is 11.9. The van der Waals surface area contributed by atoms with E-state index in [9.17, 15) is 4.79 Å². The SMILES string of the molecule is Cc1nc(C)n([C@H](C)CC(=O)Nc2ccccn2)n1. The molecule has 1 N–H and O–H groups in total. The first-order valence-electron chi connectivity index (χ1n) is 6.17. The average Bonchev–Trinajstić information content (AvgIpc) is 2.69. The second kappa shape index (κ2) is 5.60. The van der Waals surface area contributed by atoms with Crippen molar-refractivity contribution >= 4 is 11.7 Å². The summed E-state index contributed by atoms with van der Waals surface area (Å²) in [6.07, 6.45) is 1.98. The van der Waals surface area contributed by atoms with Crippen molar-refractivity contribution in [1.29, 1.82) is 0 Å². The normalized spacial score (nSPS) is 12.2. The average molecular weight is 259 g/mol. The Bertz CT molecular complexity index is 564. The highest BCUT2D eigenvalue weighted by molar-refractivity contribution is 5.89. The van der Waals surface area contributed by atoms with Crippen LogP contribution in [0, 0.1) is 13.8 Å². The number of carbonyl (C=O) groups excluding carboxylic acids is 1. The fourth-order valence-corrected chi connectivity index (χ4v) is 1.94. The molecular weight excluding hydrogens is 242 g/mol. The van der Waals surface area contributed by atoms with Crippen LogP contribution in [0.1, 0.15) is 31.0 Å². The molecular formula is C13H17N5O. The minimum atomic E-state index is -0.0845. The maximum absolute atomic E-state index is 11.9. The van der Waals surface area contributed by atoms with E-state index < -0.39 is 0 Å². The molecule has 0 fully saturated rings. The summed E-state index contributed by atoms with van der Waals surface area (Å²) >= 11 is 0. The predicted molar refractivity (Wildman–Crippen MR) is 71.7 cm³/mol. The Balaban J connectivity index is 1.97. The first kappa shape index (κ1) is 13.2. The van der Waals surface area contributed by atoms with Gasteiger partial charge in [0.05, 0.1) is 6.04 Å². The smallest absolute Gasteiger partial charge is 0.227 e. The van der Waals surface area contributed by atoms with E-state index in [2.05, 4.69) is 20.4 Å². The van der Waals surface area contributed by atoms with Crippen molar-refractivity contribution in [3.63, 3.8) is 0 Å². The van der Waals surface area contributed by atoms with Crippen molar-refractivity contribution in [2.75, 3.05) is 5.32 Å². The number of amides is 1. The summed E-state index contributed by atoms with van der Waals surface area (Å²) in [5, 5.41) is 7.04.